The molecule has 18 heavy (non-hydrogen) atoms. The van der Waals surface area contributed by atoms with Gasteiger partial charge in [0.2, 0.25) is 0 Å². The number of carbonyl (C=O) groups excluding carboxylic acids is 1. The van der Waals surface area contributed by atoms with Crippen molar-refractivity contribution in [2.45, 2.75) is 45.6 Å². The third-order valence-corrected chi connectivity index (χ3v) is 4.64. The summed E-state index contributed by atoms with van der Waals surface area (Å²) in [5.74, 6) is 1.25. The van der Waals surface area contributed by atoms with Crippen LogP contribution in [0.1, 0.15) is 39.5 Å². The van der Waals surface area contributed by atoms with Crippen LogP contribution in [0.5, 0.6) is 0 Å². The molecule has 0 saturated carbocycles. The van der Waals surface area contributed by atoms with Gasteiger partial charge in [-0.05, 0) is 31.1 Å². The second-order valence-corrected chi connectivity index (χ2v) is 6.02. The van der Waals surface area contributed by atoms with Crippen molar-refractivity contribution in [2.75, 3.05) is 26.2 Å². The second kappa shape index (κ2) is 5.91. The van der Waals surface area contributed by atoms with Crippen LogP contribution < -0.4 is 5.73 Å². The summed E-state index contributed by atoms with van der Waals surface area (Å²) in [5, 5.41) is 0. The first-order valence-corrected chi connectivity index (χ1v) is 7.41. The third-order valence-electron chi connectivity index (χ3n) is 4.64. The minimum atomic E-state index is 0.243. The van der Waals surface area contributed by atoms with Crippen LogP contribution in [0.25, 0.3) is 0 Å². The van der Waals surface area contributed by atoms with E-state index in [2.05, 4.69) is 13.8 Å². The van der Waals surface area contributed by atoms with Gasteiger partial charge in [0.15, 0.2) is 0 Å². The summed E-state index contributed by atoms with van der Waals surface area (Å²) in [6.07, 6.45) is 4.32. The number of amides is 2. The van der Waals surface area contributed by atoms with E-state index in [1.807, 2.05) is 9.80 Å². The van der Waals surface area contributed by atoms with Crippen LogP contribution in [0.15, 0.2) is 0 Å². The number of likely N-dealkylation sites (tertiary alicyclic amines) is 2. The van der Waals surface area contributed by atoms with Gasteiger partial charge < -0.3 is 15.5 Å². The number of carbonyl (C=O) groups is 1. The maximum absolute atomic E-state index is 12.4. The maximum atomic E-state index is 12.4. The molecule has 2 aliphatic heterocycles. The number of piperidine rings is 2. The minimum Gasteiger partial charge on any atom is -0.327 e. The van der Waals surface area contributed by atoms with Gasteiger partial charge in [0, 0.05) is 32.2 Å². The van der Waals surface area contributed by atoms with Crippen LogP contribution in [0.4, 0.5) is 4.79 Å². The molecule has 0 aliphatic carbocycles. The lowest BCUT2D eigenvalue weighted by atomic mass is 9.91. The van der Waals surface area contributed by atoms with Gasteiger partial charge in [-0.1, -0.05) is 20.3 Å². The molecule has 0 aromatic heterocycles. The molecule has 2 aliphatic rings. The summed E-state index contributed by atoms with van der Waals surface area (Å²) in [7, 11) is 0. The molecule has 104 valence electrons. The second-order valence-electron chi connectivity index (χ2n) is 6.02. The molecule has 2 atom stereocenters. The van der Waals surface area contributed by atoms with Gasteiger partial charge in [-0.15, -0.1) is 0 Å². The Kier molecular flexibility index (Phi) is 4.49. The normalized spacial score (nSPS) is 30.6. The summed E-state index contributed by atoms with van der Waals surface area (Å²) >= 11 is 0. The highest BCUT2D eigenvalue weighted by atomic mass is 16.2. The zero-order valence-electron chi connectivity index (χ0n) is 11.8. The number of rotatable bonds is 1. The topological polar surface area (TPSA) is 49.6 Å². The molecule has 0 spiro atoms. The zero-order valence-corrected chi connectivity index (χ0v) is 11.8. The van der Waals surface area contributed by atoms with E-state index in [0.29, 0.717) is 5.92 Å². The number of hydrogen-bond donors (Lipinski definition) is 1. The molecule has 0 radical (unpaired) electrons. The van der Waals surface area contributed by atoms with Crippen molar-refractivity contribution in [2.24, 2.45) is 17.6 Å². The van der Waals surface area contributed by atoms with Crippen LogP contribution in [0, 0.1) is 11.8 Å². The van der Waals surface area contributed by atoms with Gasteiger partial charge in [0.25, 0.3) is 0 Å². The highest BCUT2D eigenvalue weighted by molar-refractivity contribution is 5.74. The van der Waals surface area contributed by atoms with E-state index in [1.54, 1.807) is 0 Å². The molecule has 4 heteroatoms. The Morgan fingerprint density at radius 1 is 1.17 bits per heavy atom. The molecule has 4 nitrogen and oxygen atoms in total. The SMILES string of the molecule is CCC1CN(C(=O)N2CCC(C)CC2)CCC1N. The largest absolute Gasteiger partial charge is 0.327 e. The van der Waals surface area contributed by atoms with Crippen LogP contribution >= 0.6 is 0 Å². The van der Waals surface area contributed by atoms with E-state index >= 15 is 0 Å². The zero-order chi connectivity index (χ0) is 13.1. The van der Waals surface area contributed by atoms with Gasteiger partial charge in [-0.2, -0.15) is 0 Å². The smallest absolute Gasteiger partial charge is 0.320 e. The number of nitrogens with two attached hydrogens (primary N) is 1. The monoisotopic (exact) mass is 253 g/mol. The summed E-state index contributed by atoms with van der Waals surface area (Å²) in [5.41, 5.74) is 6.10. The maximum Gasteiger partial charge on any atom is 0.320 e. The van der Waals surface area contributed by atoms with E-state index in [0.717, 1.165) is 57.8 Å². The molecule has 2 amide bonds. The highest BCUT2D eigenvalue weighted by Gasteiger charge is 2.31. The molecule has 0 aromatic carbocycles. The van der Waals surface area contributed by atoms with E-state index in [1.165, 1.54) is 0 Å². The van der Waals surface area contributed by atoms with Crippen molar-refractivity contribution in [3.63, 3.8) is 0 Å². The molecule has 2 saturated heterocycles. The first-order valence-electron chi connectivity index (χ1n) is 7.41. The van der Waals surface area contributed by atoms with Crippen molar-refractivity contribution in [1.29, 1.82) is 0 Å². The Hall–Kier alpha value is -0.770. The first-order chi connectivity index (χ1) is 8.61. The van der Waals surface area contributed by atoms with E-state index < -0.39 is 0 Å². The van der Waals surface area contributed by atoms with Crippen LogP contribution in [0.3, 0.4) is 0 Å². The lowest BCUT2D eigenvalue weighted by molar-refractivity contribution is 0.108. The summed E-state index contributed by atoms with van der Waals surface area (Å²) in [6, 6.07) is 0.521. The molecule has 2 N–H and O–H groups in total. The fraction of sp³-hybridized carbons (Fsp3) is 0.929. The fourth-order valence-corrected chi connectivity index (χ4v) is 3.06. The van der Waals surface area contributed by atoms with Crippen molar-refractivity contribution in [1.82, 2.24) is 9.80 Å². The lowest BCUT2D eigenvalue weighted by Gasteiger charge is -2.40. The molecular weight excluding hydrogens is 226 g/mol. The molecular formula is C14H27N3O. The van der Waals surface area contributed by atoms with Crippen LogP contribution in [-0.2, 0) is 0 Å². The third kappa shape index (κ3) is 2.97. The number of nitrogens with zero attached hydrogens (tertiary/aromatic N) is 2. The number of hydrogen-bond acceptors (Lipinski definition) is 2. The van der Waals surface area contributed by atoms with Crippen molar-refractivity contribution in [3.05, 3.63) is 0 Å². The predicted molar refractivity (Wildman–Crippen MR) is 73.3 cm³/mol. The lowest BCUT2D eigenvalue weighted by Crippen LogP contribution is -2.54. The van der Waals surface area contributed by atoms with Gasteiger partial charge >= 0.3 is 6.03 Å². The Balaban J connectivity index is 1.89. The quantitative estimate of drug-likeness (QED) is 0.776. The Morgan fingerprint density at radius 3 is 2.39 bits per heavy atom. The fourth-order valence-electron chi connectivity index (χ4n) is 3.06. The van der Waals surface area contributed by atoms with E-state index in [9.17, 15) is 4.79 Å². The van der Waals surface area contributed by atoms with Gasteiger partial charge in [0.1, 0.15) is 0 Å². The minimum absolute atomic E-state index is 0.243. The summed E-state index contributed by atoms with van der Waals surface area (Å²) in [6.45, 7) is 7.99. The van der Waals surface area contributed by atoms with Gasteiger partial charge in [0.05, 0.1) is 0 Å². The highest BCUT2D eigenvalue weighted by Crippen LogP contribution is 2.22. The van der Waals surface area contributed by atoms with Crippen molar-refractivity contribution in [3.8, 4) is 0 Å². The molecule has 0 bridgehead atoms. The van der Waals surface area contributed by atoms with Crippen molar-refractivity contribution < 1.29 is 4.79 Å². The van der Waals surface area contributed by atoms with Gasteiger partial charge in [-0.3, -0.25) is 0 Å². The van der Waals surface area contributed by atoms with E-state index in [4.69, 9.17) is 5.73 Å². The standard InChI is InChI=1S/C14H27N3O/c1-3-12-10-17(9-6-13(12)15)14(18)16-7-4-11(2)5-8-16/h11-13H,3-10,15H2,1-2H3. The van der Waals surface area contributed by atoms with Crippen LogP contribution in [-0.4, -0.2) is 48.1 Å². The first kappa shape index (κ1) is 13.7. The predicted octanol–water partition coefficient (Wildman–Crippen LogP) is 1.90. The molecule has 2 unspecified atom stereocenters. The van der Waals surface area contributed by atoms with Crippen LogP contribution in [0.2, 0.25) is 0 Å². The molecule has 2 fully saturated rings. The summed E-state index contributed by atoms with van der Waals surface area (Å²) in [4.78, 5) is 16.5. The Bertz CT molecular complexity index is 287. The average molecular weight is 253 g/mol. The molecule has 2 heterocycles. The number of urea groups is 1. The Morgan fingerprint density at radius 2 is 1.78 bits per heavy atom. The molecule has 2 rings (SSSR count). The molecule has 0 aromatic rings. The Labute approximate surface area is 110 Å². The van der Waals surface area contributed by atoms with Crippen molar-refractivity contribution >= 4 is 6.03 Å². The average Bonchev–Trinajstić information content (AvgIpc) is 2.39. The summed E-state index contributed by atoms with van der Waals surface area (Å²) < 4.78 is 0. The van der Waals surface area contributed by atoms with E-state index in [-0.39, 0.29) is 12.1 Å². The van der Waals surface area contributed by atoms with Gasteiger partial charge in [-0.25, -0.2) is 4.79 Å².